The maximum atomic E-state index is 12.5. The Morgan fingerprint density at radius 2 is 1.18 bits per heavy atom. The number of quaternary nitrogens is 1. The predicted octanol–water partition coefficient (Wildman–Crippen LogP) is 7.70. The first kappa shape index (κ1) is 25.5. The Hall–Kier alpha value is -1.64. The van der Waals surface area contributed by atoms with Gasteiger partial charge in [-0.05, 0) is 29.9 Å². The van der Waals surface area contributed by atoms with Gasteiger partial charge < -0.3 is 9.59 Å². The minimum Gasteiger partial charge on any atom is -0.380 e. The van der Waals surface area contributed by atoms with Gasteiger partial charge in [0.05, 0.1) is 26.2 Å². The highest BCUT2D eigenvalue weighted by Crippen LogP contribution is 2.49. The van der Waals surface area contributed by atoms with E-state index in [2.05, 4.69) is 67.6 Å². The Morgan fingerprint density at radius 3 is 1.68 bits per heavy atom. The maximum absolute atomic E-state index is 12.5. The van der Waals surface area contributed by atoms with Gasteiger partial charge in [0.15, 0.2) is 0 Å². The summed E-state index contributed by atoms with van der Waals surface area (Å²) in [6.45, 7) is 7.36. The molecule has 3 heterocycles. The smallest absolute Gasteiger partial charge is 0.123 e. The second kappa shape index (κ2) is 12.4. The van der Waals surface area contributed by atoms with Crippen LogP contribution in [0.15, 0.2) is 60.7 Å². The highest BCUT2D eigenvalue weighted by Gasteiger charge is 2.54. The van der Waals surface area contributed by atoms with Gasteiger partial charge in [0.2, 0.25) is 0 Å². The summed E-state index contributed by atoms with van der Waals surface area (Å²) >= 11 is 0. The van der Waals surface area contributed by atoms with Crippen LogP contribution in [0.3, 0.4) is 0 Å². The van der Waals surface area contributed by atoms with E-state index in [1.807, 2.05) is 0 Å². The van der Waals surface area contributed by atoms with Gasteiger partial charge in [-0.25, -0.2) is 0 Å². The van der Waals surface area contributed by atoms with Crippen LogP contribution in [0, 0.1) is 11.8 Å². The number of benzene rings is 2. The average Bonchev–Trinajstić information content (AvgIpc) is 2.91. The molecule has 1 unspecified atom stereocenters. The van der Waals surface area contributed by atoms with Gasteiger partial charge in [0.1, 0.15) is 5.60 Å². The summed E-state index contributed by atoms with van der Waals surface area (Å²) in [6.07, 6.45) is 16.5. The minimum absolute atomic E-state index is 0.294. The van der Waals surface area contributed by atoms with Gasteiger partial charge >= 0.3 is 0 Å². The van der Waals surface area contributed by atoms with Gasteiger partial charge in [-0.1, -0.05) is 119 Å². The second-order valence-electron chi connectivity index (χ2n) is 11.3. The summed E-state index contributed by atoms with van der Waals surface area (Å²) < 4.78 is 1.24. The molecule has 5 rings (SSSR count). The van der Waals surface area contributed by atoms with Crippen molar-refractivity contribution in [2.45, 2.75) is 89.6 Å². The molecule has 0 saturated carbocycles. The Kier molecular flexibility index (Phi) is 9.25. The van der Waals surface area contributed by atoms with Gasteiger partial charge in [0, 0.05) is 18.8 Å². The van der Waals surface area contributed by atoms with Crippen LogP contribution >= 0.6 is 0 Å². The molecule has 2 bridgehead atoms. The summed E-state index contributed by atoms with van der Waals surface area (Å²) in [6, 6.07) is 21.0. The fourth-order valence-corrected chi connectivity index (χ4v) is 6.99. The Labute approximate surface area is 209 Å². The molecule has 2 heteroatoms. The van der Waals surface area contributed by atoms with Crippen molar-refractivity contribution in [3.8, 4) is 0 Å². The second-order valence-corrected chi connectivity index (χ2v) is 11.3. The van der Waals surface area contributed by atoms with E-state index >= 15 is 0 Å². The summed E-state index contributed by atoms with van der Waals surface area (Å²) in [5.41, 5.74) is 1.24. The number of aliphatic hydroxyl groups is 1. The van der Waals surface area contributed by atoms with Crippen molar-refractivity contribution in [3.63, 3.8) is 0 Å². The van der Waals surface area contributed by atoms with Crippen LogP contribution in [0.4, 0.5) is 0 Å². The highest BCUT2D eigenvalue weighted by atomic mass is 16.3. The fraction of sp³-hybridized carbons (Fsp3) is 0.625. The van der Waals surface area contributed by atoms with Gasteiger partial charge in [-0.3, -0.25) is 0 Å². The molecule has 186 valence electrons. The van der Waals surface area contributed by atoms with Crippen molar-refractivity contribution >= 4 is 0 Å². The van der Waals surface area contributed by atoms with Gasteiger partial charge in [-0.15, -0.1) is 0 Å². The van der Waals surface area contributed by atoms with Crippen molar-refractivity contribution in [2.24, 2.45) is 11.8 Å². The van der Waals surface area contributed by atoms with Crippen molar-refractivity contribution in [1.29, 1.82) is 0 Å². The summed E-state index contributed by atoms with van der Waals surface area (Å²) in [4.78, 5) is 0. The number of fused-ring (bicyclic) bond motifs is 3. The molecule has 0 aliphatic carbocycles. The van der Waals surface area contributed by atoms with E-state index in [1.165, 1.54) is 101 Å². The quantitative estimate of drug-likeness (QED) is 0.225. The van der Waals surface area contributed by atoms with Crippen LogP contribution in [0.1, 0.15) is 95.1 Å². The lowest BCUT2D eigenvalue weighted by Crippen LogP contribution is -2.65. The predicted molar refractivity (Wildman–Crippen MR) is 144 cm³/mol. The topological polar surface area (TPSA) is 20.2 Å². The first-order valence-corrected chi connectivity index (χ1v) is 14.4. The van der Waals surface area contributed by atoms with Crippen LogP contribution in [-0.2, 0) is 5.60 Å². The number of nitrogens with zero attached hydrogens (tertiary/aromatic N) is 1. The van der Waals surface area contributed by atoms with E-state index in [-0.39, 0.29) is 0 Å². The third-order valence-electron chi connectivity index (χ3n) is 9.05. The van der Waals surface area contributed by atoms with Crippen molar-refractivity contribution < 1.29 is 9.59 Å². The fourth-order valence-electron chi connectivity index (χ4n) is 6.99. The Bertz CT molecular complexity index is 785. The van der Waals surface area contributed by atoms with E-state index in [1.54, 1.807) is 0 Å². The third-order valence-corrected chi connectivity index (χ3v) is 9.05. The lowest BCUT2D eigenvalue weighted by atomic mass is 9.64. The Morgan fingerprint density at radius 1 is 0.706 bits per heavy atom. The van der Waals surface area contributed by atoms with E-state index < -0.39 is 5.60 Å². The molecule has 34 heavy (non-hydrogen) atoms. The Balaban J connectivity index is 1.36. The first-order valence-electron chi connectivity index (χ1n) is 14.4. The lowest BCUT2D eigenvalue weighted by molar-refractivity contribution is -0.948. The number of piperidine rings is 3. The zero-order chi connectivity index (χ0) is 23.7. The maximum Gasteiger partial charge on any atom is 0.123 e. The van der Waals surface area contributed by atoms with Crippen LogP contribution < -0.4 is 0 Å². The monoisotopic (exact) mass is 462 g/mol. The number of unbranched alkanes of at least 4 members (excludes halogenated alkanes) is 9. The molecule has 2 aromatic carbocycles. The van der Waals surface area contributed by atoms with E-state index in [9.17, 15) is 5.11 Å². The van der Waals surface area contributed by atoms with Crippen LogP contribution in [-0.4, -0.2) is 35.8 Å². The van der Waals surface area contributed by atoms with Crippen molar-refractivity contribution in [3.05, 3.63) is 71.8 Å². The zero-order valence-electron chi connectivity index (χ0n) is 21.6. The lowest BCUT2D eigenvalue weighted by Gasteiger charge is -2.56. The first-order chi connectivity index (χ1) is 16.7. The molecule has 2 nitrogen and oxygen atoms in total. The minimum atomic E-state index is -0.894. The van der Waals surface area contributed by atoms with Crippen LogP contribution in [0.5, 0.6) is 0 Å². The molecular weight excluding hydrogens is 414 g/mol. The standard InChI is InChI=1S/C32H48NO/c1-2-3-4-5-6-7-8-9-10-17-24-33-25-22-28(23-26-33)31(27-33)32(34,29-18-13-11-14-19-29)30-20-15-12-16-21-30/h11-16,18-21,28,31,34H,2-10,17,22-27H2,1H3/q+1. The summed E-state index contributed by atoms with van der Waals surface area (Å²) in [5, 5.41) is 12.5. The van der Waals surface area contributed by atoms with Crippen LogP contribution in [0.2, 0.25) is 0 Å². The zero-order valence-corrected chi connectivity index (χ0v) is 21.6. The van der Waals surface area contributed by atoms with Crippen molar-refractivity contribution in [2.75, 3.05) is 26.2 Å². The summed E-state index contributed by atoms with van der Waals surface area (Å²) in [5.74, 6) is 0.918. The van der Waals surface area contributed by atoms with Crippen molar-refractivity contribution in [1.82, 2.24) is 0 Å². The molecule has 3 aliphatic heterocycles. The third kappa shape index (κ3) is 5.94. The molecule has 0 aromatic heterocycles. The van der Waals surface area contributed by atoms with E-state index in [4.69, 9.17) is 0 Å². The molecule has 3 saturated heterocycles. The van der Waals surface area contributed by atoms with Gasteiger partial charge in [-0.2, -0.15) is 0 Å². The molecule has 0 radical (unpaired) electrons. The van der Waals surface area contributed by atoms with E-state index in [0.717, 1.165) is 17.7 Å². The van der Waals surface area contributed by atoms with Crippen LogP contribution in [0.25, 0.3) is 0 Å². The number of hydrogen-bond donors (Lipinski definition) is 1. The number of hydrogen-bond acceptors (Lipinski definition) is 1. The molecule has 0 spiro atoms. The largest absolute Gasteiger partial charge is 0.380 e. The molecule has 2 aromatic rings. The highest BCUT2D eigenvalue weighted by molar-refractivity contribution is 5.37. The number of rotatable bonds is 14. The van der Waals surface area contributed by atoms with Gasteiger partial charge in [0.25, 0.3) is 0 Å². The molecule has 3 aliphatic rings. The molecule has 1 atom stereocenters. The summed E-state index contributed by atoms with van der Waals surface area (Å²) in [7, 11) is 0. The molecule has 1 N–H and O–H groups in total. The average molecular weight is 463 g/mol. The molecular formula is C32H48NO+. The SMILES string of the molecule is CCCCCCCCCCCC[N+]12CCC(CC1)C(C(O)(c1ccccc1)c1ccccc1)C2. The molecule has 3 fully saturated rings. The van der Waals surface area contributed by atoms with E-state index in [0.29, 0.717) is 11.8 Å². The molecule has 0 amide bonds. The normalized spacial score (nSPS) is 24.4.